The predicted octanol–water partition coefficient (Wildman–Crippen LogP) is 6.40. The van der Waals surface area contributed by atoms with Gasteiger partial charge in [-0.2, -0.15) is 0 Å². The van der Waals surface area contributed by atoms with Gasteiger partial charge in [0.05, 0.1) is 0 Å². The highest BCUT2D eigenvalue weighted by Gasteiger charge is 2.60. The van der Waals surface area contributed by atoms with Gasteiger partial charge in [-0.3, -0.25) is 0 Å². The van der Waals surface area contributed by atoms with E-state index in [-0.39, 0.29) is 0 Å². The number of hydrogen-bond acceptors (Lipinski definition) is 11. The van der Waals surface area contributed by atoms with Crippen LogP contribution in [-0.2, 0) is 51.8 Å². The smallest absolute Gasteiger partial charge is 0.303 e. The topological polar surface area (TPSA) is 77.8 Å². The average molecular weight is 543 g/mol. The van der Waals surface area contributed by atoms with E-state index in [1.807, 2.05) is 66.0 Å². The second-order valence-corrected chi connectivity index (χ2v) is 63.1. The molecule has 0 aromatic heterocycles. The van der Waals surface area contributed by atoms with Gasteiger partial charge in [0.25, 0.3) is 0 Å². The van der Waals surface area contributed by atoms with E-state index in [0.717, 1.165) is 0 Å². The maximum atomic E-state index is 8.88. The minimum absolute atomic E-state index is 1.41. The lowest BCUT2D eigenvalue weighted by Crippen LogP contribution is -1.83. The van der Waals surface area contributed by atoms with Crippen LogP contribution in [0.25, 0.3) is 0 Å². The standard InChI is InChI=1S/H3O4P.P4S10/c1-5(2,3)4;5-1-9-2(6)12-3(7,10-1)14-4(8,11-1)13-2/h(H3,1,2,3,4);. The first-order valence-electron chi connectivity index (χ1n) is 3.70. The van der Waals surface area contributed by atoms with Gasteiger partial charge in [0.2, 0.25) is 0 Å². The molecule has 0 aliphatic carbocycles. The van der Waals surface area contributed by atoms with E-state index in [2.05, 4.69) is 0 Å². The van der Waals surface area contributed by atoms with E-state index >= 15 is 0 Å². The zero-order valence-corrected chi connectivity index (χ0v) is 20.7. The summed E-state index contributed by atoms with van der Waals surface area (Å²) < 4.78 is 3.24. The Kier molecular flexibility index (Phi) is 6.90. The molecule has 112 valence electrons. The SMILES string of the molecule is O=P(O)(O)O.S=P12SP3(=S)SP(=S)(S1)SP(=S)(S2)S3. The number of hydrogen-bond donors (Lipinski definition) is 3. The minimum atomic E-state index is -4.64. The molecule has 0 amide bonds. The summed E-state index contributed by atoms with van der Waals surface area (Å²) in [5.74, 6) is 0. The molecular formula is H3O4P5S10. The van der Waals surface area contributed by atoms with Crippen LogP contribution in [0, 0.1) is 0 Å². The lowest BCUT2D eigenvalue weighted by atomic mass is 15.8. The van der Waals surface area contributed by atoms with Crippen molar-refractivity contribution in [3.05, 3.63) is 0 Å². The molecule has 4 aliphatic rings. The predicted molar refractivity (Wildman–Crippen MR) is 117 cm³/mol. The van der Waals surface area contributed by atoms with E-state index < -0.39 is 22.4 Å². The Morgan fingerprint density at radius 1 is 0.632 bits per heavy atom. The summed E-state index contributed by atoms with van der Waals surface area (Å²) in [6, 6.07) is 0. The zero-order chi connectivity index (χ0) is 14.7. The van der Waals surface area contributed by atoms with E-state index in [1.54, 1.807) is 0 Å². The molecule has 0 aromatic rings. The van der Waals surface area contributed by atoms with Crippen molar-refractivity contribution in [1.29, 1.82) is 0 Å². The van der Waals surface area contributed by atoms with Crippen molar-refractivity contribution in [1.82, 2.24) is 0 Å². The Hall–Kier alpha value is 4.81. The normalized spacial score (nSPS) is 51.5. The van der Waals surface area contributed by atoms with Gasteiger partial charge < -0.3 is 14.7 Å². The minimum Gasteiger partial charge on any atom is -0.303 e. The summed E-state index contributed by atoms with van der Waals surface area (Å²) in [5.41, 5.74) is 0. The molecule has 0 atom stereocenters. The molecule has 19 heteroatoms. The van der Waals surface area contributed by atoms with E-state index in [0.29, 0.717) is 0 Å². The summed E-state index contributed by atoms with van der Waals surface area (Å²) >= 11 is 34.5. The van der Waals surface area contributed by atoms with E-state index in [4.69, 9.17) is 66.5 Å². The monoisotopic (exact) mass is 542 g/mol. The fraction of sp³-hybridized carbons (Fsp3) is 0. The van der Waals surface area contributed by atoms with Crippen molar-refractivity contribution in [3.8, 4) is 0 Å². The van der Waals surface area contributed by atoms with Gasteiger partial charge in [0.1, 0.15) is 14.6 Å². The first-order chi connectivity index (χ1) is 8.24. The fourth-order valence-corrected chi connectivity index (χ4v) is 222. The van der Waals surface area contributed by atoms with E-state index in [9.17, 15) is 0 Å². The third-order valence-corrected chi connectivity index (χ3v) is 97.2. The van der Waals surface area contributed by atoms with Gasteiger partial charge in [-0.1, -0.05) is 47.2 Å². The summed E-state index contributed by atoms with van der Waals surface area (Å²) in [5, 5.41) is 0. The fourth-order valence-electron chi connectivity index (χ4n) is 0.914. The summed E-state index contributed by atoms with van der Waals surface area (Å²) in [6.07, 6.45) is 0. The van der Waals surface area contributed by atoms with Crippen molar-refractivity contribution in [2.24, 2.45) is 0 Å². The molecule has 4 aliphatic heterocycles. The van der Waals surface area contributed by atoms with Crippen molar-refractivity contribution < 1.29 is 19.2 Å². The first kappa shape index (κ1) is 20.1. The Morgan fingerprint density at radius 2 is 0.737 bits per heavy atom. The molecule has 0 aromatic carbocycles. The highest BCUT2D eigenvalue weighted by molar-refractivity contribution is 9.83. The molecule has 4 saturated heterocycles. The van der Waals surface area contributed by atoms with Gasteiger partial charge >= 0.3 is 7.82 Å². The Balaban J connectivity index is 0.000000232. The first-order valence-corrected chi connectivity index (χ1v) is 28.6. The molecule has 3 N–H and O–H groups in total. The Labute approximate surface area is 152 Å². The van der Waals surface area contributed by atoms with Crippen LogP contribution in [0.15, 0.2) is 0 Å². The van der Waals surface area contributed by atoms with Crippen LogP contribution in [0.4, 0.5) is 0 Å². The zero-order valence-electron chi connectivity index (χ0n) is 8.07. The molecule has 0 unspecified atom stereocenters. The molecule has 4 nitrogen and oxygen atoms in total. The van der Waals surface area contributed by atoms with Crippen LogP contribution in [0.2, 0.25) is 0 Å². The summed E-state index contributed by atoms with van der Waals surface area (Å²) in [6.45, 7) is 0. The largest absolute Gasteiger partial charge is 0.466 e. The quantitative estimate of drug-likeness (QED) is 0.296. The molecule has 0 spiro atoms. The Morgan fingerprint density at radius 3 is 0.842 bits per heavy atom. The van der Waals surface area contributed by atoms with Crippen LogP contribution in [-0.4, -0.2) is 14.7 Å². The molecule has 4 bridgehead atoms. The lowest BCUT2D eigenvalue weighted by Gasteiger charge is -2.51. The third-order valence-electron chi connectivity index (χ3n) is 1.20. The van der Waals surface area contributed by atoms with E-state index in [1.165, 1.54) is 0 Å². The van der Waals surface area contributed by atoms with Crippen LogP contribution < -0.4 is 0 Å². The van der Waals surface area contributed by atoms with Crippen molar-refractivity contribution in [2.45, 2.75) is 0 Å². The molecule has 0 radical (unpaired) electrons. The third kappa shape index (κ3) is 5.93. The van der Waals surface area contributed by atoms with Crippen molar-refractivity contribution >= 4 is 136 Å². The Bertz CT molecular complexity index is 481. The average Bonchev–Trinajstić information content (AvgIpc) is 1.83. The molecule has 4 rings (SSSR count). The summed E-state index contributed by atoms with van der Waals surface area (Å²) in [7, 11) is -4.64. The molecule has 0 saturated carbocycles. The highest BCUT2D eigenvalue weighted by atomic mass is 34.1. The molecule has 4 fully saturated rings. The van der Waals surface area contributed by atoms with Crippen LogP contribution in [0.1, 0.15) is 0 Å². The molecule has 4 heterocycles. The van der Waals surface area contributed by atoms with Crippen molar-refractivity contribution in [3.63, 3.8) is 0 Å². The lowest BCUT2D eigenvalue weighted by molar-refractivity contribution is 0.275. The maximum Gasteiger partial charge on any atom is 0.466 e. The van der Waals surface area contributed by atoms with Gasteiger partial charge in [0.15, 0.2) is 0 Å². The highest BCUT2D eigenvalue weighted by Crippen LogP contribution is 3.30. The van der Waals surface area contributed by atoms with Crippen molar-refractivity contribution in [2.75, 3.05) is 0 Å². The van der Waals surface area contributed by atoms with Gasteiger partial charge in [-0.15, -0.1) is 0 Å². The number of rotatable bonds is 0. The van der Waals surface area contributed by atoms with Crippen LogP contribution in [0.5, 0.6) is 0 Å². The maximum absolute atomic E-state index is 8.88. The van der Waals surface area contributed by atoms with Gasteiger partial charge in [-0.05, 0) is 66.0 Å². The van der Waals surface area contributed by atoms with Crippen LogP contribution in [0.3, 0.4) is 0 Å². The second kappa shape index (κ2) is 6.51. The summed E-state index contributed by atoms with van der Waals surface area (Å²) in [4.78, 5) is 21.6. The van der Waals surface area contributed by atoms with Gasteiger partial charge in [0, 0.05) is 0 Å². The van der Waals surface area contributed by atoms with Gasteiger partial charge in [-0.25, -0.2) is 4.57 Å². The number of phosphoric acid groups is 1. The second-order valence-electron chi connectivity index (χ2n) is 2.79. The molecule has 19 heavy (non-hydrogen) atoms. The molecular weight excluding hydrogens is 540 g/mol. The van der Waals surface area contributed by atoms with Crippen LogP contribution >= 0.6 is 88.4 Å².